The fourth-order valence-corrected chi connectivity index (χ4v) is 2.36. The summed E-state index contributed by atoms with van der Waals surface area (Å²) in [5.74, 6) is -0.310. The van der Waals surface area contributed by atoms with Crippen molar-refractivity contribution in [1.29, 1.82) is 0 Å². The van der Waals surface area contributed by atoms with Gasteiger partial charge in [0.15, 0.2) is 0 Å². The Morgan fingerprint density at radius 3 is 2.35 bits per heavy atom. The van der Waals surface area contributed by atoms with E-state index in [1.54, 1.807) is 6.92 Å². The predicted octanol–water partition coefficient (Wildman–Crippen LogP) is 1.47. The lowest BCUT2D eigenvalue weighted by atomic mass is 10.2. The summed E-state index contributed by atoms with van der Waals surface area (Å²) in [6.07, 6.45) is 1.88. The maximum absolute atomic E-state index is 11.5. The van der Waals surface area contributed by atoms with Gasteiger partial charge in [-0.2, -0.15) is 8.42 Å². The smallest absolute Gasteiger partial charge is 0.269 e. The Labute approximate surface area is 103 Å². The maximum Gasteiger partial charge on any atom is 0.269 e. The molecular formula is C11H21NO4S. The summed E-state index contributed by atoms with van der Waals surface area (Å²) in [6.45, 7) is 6.99. The van der Waals surface area contributed by atoms with Gasteiger partial charge in [0.05, 0.1) is 0 Å². The third-order valence-electron chi connectivity index (χ3n) is 2.49. The Hall–Kier alpha value is -0.880. The van der Waals surface area contributed by atoms with Crippen LogP contribution in [0.25, 0.3) is 0 Å². The molecule has 0 heterocycles. The van der Waals surface area contributed by atoms with Crippen molar-refractivity contribution in [3.05, 3.63) is 12.2 Å². The molecule has 1 unspecified atom stereocenters. The zero-order chi connectivity index (χ0) is 13.6. The van der Waals surface area contributed by atoms with E-state index < -0.39 is 15.4 Å². The molecule has 17 heavy (non-hydrogen) atoms. The molecule has 0 spiro atoms. The maximum atomic E-state index is 11.5. The standard InChI is InChI=1S/C11H21NO4S/c1-5-6-7-10(17(14,15)16)8-12(4)11(13)9(2)3/h10H,2,5-8H2,1,3-4H3,(H,14,15,16). The second-order valence-corrected chi connectivity index (χ2v) is 5.94. The molecule has 1 amide bonds. The van der Waals surface area contributed by atoms with Crippen LogP contribution in [0.15, 0.2) is 12.2 Å². The van der Waals surface area contributed by atoms with Gasteiger partial charge in [0, 0.05) is 19.2 Å². The van der Waals surface area contributed by atoms with Crippen LogP contribution >= 0.6 is 0 Å². The highest BCUT2D eigenvalue weighted by Crippen LogP contribution is 2.11. The van der Waals surface area contributed by atoms with Gasteiger partial charge in [0.2, 0.25) is 5.91 Å². The molecule has 1 N–H and O–H groups in total. The average Bonchev–Trinajstić information content (AvgIpc) is 2.20. The van der Waals surface area contributed by atoms with Crippen LogP contribution in [0.4, 0.5) is 0 Å². The van der Waals surface area contributed by atoms with Gasteiger partial charge in [0.1, 0.15) is 5.25 Å². The molecule has 0 aromatic rings. The molecule has 1 atom stereocenters. The zero-order valence-electron chi connectivity index (χ0n) is 10.6. The Bertz CT molecular complexity index is 375. The number of likely N-dealkylation sites (N-methyl/N-ethyl adjacent to an activating group) is 1. The minimum atomic E-state index is -4.11. The van der Waals surface area contributed by atoms with Crippen LogP contribution in [0.5, 0.6) is 0 Å². The van der Waals surface area contributed by atoms with Gasteiger partial charge in [-0.1, -0.05) is 26.3 Å². The first-order chi connectivity index (χ1) is 7.70. The fourth-order valence-electron chi connectivity index (χ4n) is 1.48. The Morgan fingerprint density at radius 1 is 1.47 bits per heavy atom. The van der Waals surface area contributed by atoms with Crippen molar-refractivity contribution in [2.75, 3.05) is 13.6 Å². The Balaban J connectivity index is 4.65. The quantitative estimate of drug-likeness (QED) is 0.557. The summed E-state index contributed by atoms with van der Waals surface area (Å²) < 4.78 is 31.4. The van der Waals surface area contributed by atoms with Crippen molar-refractivity contribution < 1.29 is 17.8 Å². The summed E-state index contributed by atoms with van der Waals surface area (Å²) in [4.78, 5) is 12.8. The van der Waals surface area contributed by atoms with E-state index in [1.165, 1.54) is 11.9 Å². The first kappa shape index (κ1) is 16.1. The van der Waals surface area contributed by atoms with Gasteiger partial charge in [0.25, 0.3) is 10.1 Å². The van der Waals surface area contributed by atoms with Crippen LogP contribution in [0.1, 0.15) is 33.1 Å². The van der Waals surface area contributed by atoms with Gasteiger partial charge < -0.3 is 4.90 Å². The number of nitrogens with zero attached hydrogens (tertiary/aromatic N) is 1. The predicted molar refractivity (Wildman–Crippen MR) is 67.3 cm³/mol. The highest BCUT2D eigenvalue weighted by Gasteiger charge is 2.25. The minimum Gasteiger partial charge on any atom is -0.341 e. The molecule has 0 radical (unpaired) electrons. The van der Waals surface area contributed by atoms with Crippen molar-refractivity contribution >= 4 is 16.0 Å². The molecule has 5 nitrogen and oxygen atoms in total. The van der Waals surface area contributed by atoms with Gasteiger partial charge in [-0.3, -0.25) is 9.35 Å². The molecule has 100 valence electrons. The summed E-state index contributed by atoms with van der Waals surface area (Å²) in [5, 5.41) is -0.921. The van der Waals surface area contributed by atoms with Crippen molar-refractivity contribution in [3.8, 4) is 0 Å². The number of hydrogen-bond acceptors (Lipinski definition) is 3. The number of carbonyl (C=O) groups excluding carboxylic acids is 1. The third kappa shape index (κ3) is 5.83. The van der Waals surface area contributed by atoms with Crippen LogP contribution in [0.2, 0.25) is 0 Å². The molecule has 0 bridgehead atoms. The second-order valence-electron chi connectivity index (χ2n) is 4.25. The number of carbonyl (C=O) groups is 1. The van der Waals surface area contributed by atoms with E-state index in [-0.39, 0.29) is 12.5 Å². The number of rotatable bonds is 7. The number of amides is 1. The SMILES string of the molecule is C=C(C)C(=O)N(C)CC(CCCC)S(=O)(=O)O. The van der Waals surface area contributed by atoms with Gasteiger partial charge in [-0.05, 0) is 13.3 Å². The van der Waals surface area contributed by atoms with Crippen molar-refractivity contribution in [1.82, 2.24) is 4.90 Å². The average molecular weight is 263 g/mol. The molecule has 0 saturated heterocycles. The van der Waals surface area contributed by atoms with Crippen molar-refractivity contribution in [3.63, 3.8) is 0 Å². The molecule has 0 saturated carbocycles. The lowest BCUT2D eigenvalue weighted by Crippen LogP contribution is -2.38. The van der Waals surface area contributed by atoms with E-state index in [9.17, 15) is 13.2 Å². The van der Waals surface area contributed by atoms with Gasteiger partial charge >= 0.3 is 0 Å². The Morgan fingerprint density at radius 2 is 2.00 bits per heavy atom. The summed E-state index contributed by atoms with van der Waals surface area (Å²) >= 11 is 0. The van der Waals surface area contributed by atoms with Crippen molar-refractivity contribution in [2.24, 2.45) is 0 Å². The number of hydrogen-bond donors (Lipinski definition) is 1. The summed E-state index contributed by atoms with van der Waals surface area (Å²) in [6, 6.07) is 0. The molecule has 0 aliphatic carbocycles. The monoisotopic (exact) mass is 263 g/mol. The lowest BCUT2D eigenvalue weighted by molar-refractivity contribution is -0.125. The van der Waals surface area contributed by atoms with E-state index in [1.807, 2.05) is 6.92 Å². The van der Waals surface area contributed by atoms with Gasteiger partial charge in [-0.15, -0.1) is 0 Å². The Kier molecular flexibility index (Phi) is 6.41. The third-order valence-corrected chi connectivity index (χ3v) is 3.72. The van der Waals surface area contributed by atoms with E-state index >= 15 is 0 Å². The molecule has 0 rings (SSSR count). The van der Waals surface area contributed by atoms with Crippen LogP contribution < -0.4 is 0 Å². The minimum absolute atomic E-state index is 0.00940. The van der Waals surface area contributed by atoms with E-state index in [4.69, 9.17) is 4.55 Å². The molecule has 0 aliphatic heterocycles. The molecule has 0 aromatic carbocycles. The molecular weight excluding hydrogens is 242 g/mol. The summed E-state index contributed by atoms with van der Waals surface area (Å²) in [7, 11) is -2.61. The van der Waals surface area contributed by atoms with E-state index in [0.717, 1.165) is 6.42 Å². The first-order valence-electron chi connectivity index (χ1n) is 5.57. The van der Waals surface area contributed by atoms with Gasteiger partial charge in [-0.25, -0.2) is 0 Å². The molecule has 0 aliphatic rings. The number of unbranched alkanes of at least 4 members (excludes halogenated alkanes) is 1. The second kappa shape index (κ2) is 6.76. The normalized spacial score (nSPS) is 13.2. The largest absolute Gasteiger partial charge is 0.341 e. The van der Waals surface area contributed by atoms with E-state index in [2.05, 4.69) is 6.58 Å². The van der Waals surface area contributed by atoms with Crippen LogP contribution in [-0.4, -0.2) is 42.6 Å². The zero-order valence-corrected chi connectivity index (χ0v) is 11.5. The van der Waals surface area contributed by atoms with Crippen molar-refractivity contribution in [2.45, 2.75) is 38.4 Å². The highest BCUT2D eigenvalue weighted by atomic mass is 32.2. The fraction of sp³-hybridized carbons (Fsp3) is 0.727. The first-order valence-corrected chi connectivity index (χ1v) is 7.07. The topological polar surface area (TPSA) is 74.7 Å². The van der Waals surface area contributed by atoms with Crippen LogP contribution in [0.3, 0.4) is 0 Å². The molecule has 6 heteroatoms. The van der Waals surface area contributed by atoms with Crippen LogP contribution in [0, 0.1) is 0 Å². The molecule has 0 aromatic heterocycles. The van der Waals surface area contributed by atoms with Crippen LogP contribution in [-0.2, 0) is 14.9 Å². The van der Waals surface area contributed by atoms with E-state index in [0.29, 0.717) is 18.4 Å². The summed E-state index contributed by atoms with van der Waals surface area (Å²) in [5.41, 5.74) is 0.345. The lowest BCUT2D eigenvalue weighted by Gasteiger charge is -2.22. The molecule has 0 fully saturated rings. The highest BCUT2D eigenvalue weighted by molar-refractivity contribution is 7.86.